The van der Waals surface area contributed by atoms with E-state index in [-0.39, 0.29) is 5.69 Å². The van der Waals surface area contributed by atoms with E-state index in [0.717, 1.165) is 38.4 Å². The van der Waals surface area contributed by atoms with Crippen LogP contribution in [0.1, 0.15) is 33.1 Å². The van der Waals surface area contributed by atoms with Crippen LogP contribution in [-0.2, 0) is 0 Å². The van der Waals surface area contributed by atoms with Crippen LogP contribution in [-0.4, -0.2) is 13.1 Å². The minimum absolute atomic E-state index is 0.240. The maximum absolute atomic E-state index is 13.9. The minimum Gasteiger partial charge on any atom is -0.397 e. The molecule has 1 heterocycles. The third kappa shape index (κ3) is 2.99. The normalized spacial score (nSPS) is 20.7. The lowest BCUT2D eigenvalue weighted by Gasteiger charge is -2.25. The Morgan fingerprint density at radius 1 is 1.21 bits per heavy atom. The van der Waals surface area contributed by atoms with Crippen LogP contribution >= 0.6 is 0 Å². The molecule has 0 aliphatic carbocycles. The van der Waals surface area contributed by atoms with Gasteiger partial charge in [0.05, 0.1) is 11.4 Å². The predicted octanol–water partition coefficient (Wildman–Crippen LogP) is 3.81. The van der Waals surface area contributed by atoms with Gasteiger partial charge in [0, 0.05) is 13.1 Å². The zero-order valence-corrected chi connectivity index (χ0v) is 11.6. The molecule has 1 atom stereocenters. The molecule has 1 aliphatic heterocycles. The third-order valence-electron chi connectivity index (χ3n) is 4.13. The van der Waals surface area contributed by atoms with Gasteiger partial charge in [-0.25, -0.2) is 8.78 Å². The molecular weight excluding hydrogens is 246 g/mol. The number of halogens is 2. The van der Waals surface area contributed by atoms with Gasteiger partial charge in [-0.2, -0.15) is 0 Å². The molecule has 1 aromatic rings. The Kier molecular flexibility index (Phi) is 4.27. The lowest BCUT2D eigenvalue weighted by Crippen LogP contribution is -2.27. The van der Waals surface area contributed by atoms with E-state index in [1.165, 1.54) is 6.07 Å². The summed E-state index contributed by atoms with van der Waals surface area (Å²) in [5.41, 5.74) is 6.38. The Labute approximate surface area is 113 Å². The van der Waals surface area contributed by atoms with E-state index in [1.54, 1.807) is 0 Å². The molecule has 1 aliphatic rings. The van der Waals surface area contributed by atoms with E-state index in [2.05, 4.69) is 13.8 Å². The zero-order valence-electron chi connectivity index (χ0n) is 11.6. The van der Waals surface area contributed by atoms with E-state index in [9.17, 15) is 8.78 Å². The Morgan fingerprint density at radius 3 is 2.63 bits per heavy atom. The molecule has 0 radical (unpaired) electrons. The first-order valence-corrected chi connectivity index (χ1v) is 6.99. The lowest BCUT2D eigenvalue weighted by molar-refractivity contribution is 0.351. The molecule has 2 N–H and O–H groups in total. The lowest BCUT2D eigenvalue weighted by atomic mass is 9.89. The Hall–Kier alpha value is -1.32. The monoisotopic (exact) mass is 268 g/mol. The molecule has 1 unspecified atom stereocenters. The molecule has 2 nitrogen and oxygen atoms in total. The van der Waals surface area contributed by atoms with Gasteiger partial charge in [0.25, 0.3) is 0 Å². The highest BCUT2D eigenvalue weighted by Gasteiger charge is 2.23. The summed E-state index contributed by atoms with van der Waals surface area (Å²) < 4.78 is 27.3. The van der Waals surface area contributed by atoms with Gasteiger partial charge in [-0.15, -0.1) is 0 Å². The van der Waals surface area contributed by atoms with Crippen LogP contribution in [0, 0.1) is 23.5 Å². The van der Waals surface area contributed by atoms with Gasteiger partial charge in [0.15, 0.2) is 11.6 Å². The summed E-state index contributed by atoms with van der Waals surface area (Å²) in [5.74, 6) is -0.352. The molecule has 2 rings (SSSR count). The van der Waals surface area contributed by atoms with Crippen molar-refractivity contribution in [2.45, 2.75) is 33.1 Å². The second-order valence-corrected chi connectivity index (χ2v) is 5.72. The summed E-state index contributed by atoms with van der Waals surface area (Å²) in [6.07, 6.45) is 3.15. The van der Waals surface area contributed by atoms with Crippen LogP contribution in [0.25, 0.3) is 0 Å². The van der Waals surface area contributed by atoms with Crippen molar-refractivity contribution >= 4 is 11.4 Å². The van der Waals surface area contributed by atoms with Crippen molar-refractivity contribution in [1.82, 2.24) is 0 Å². The van der Waals surface area contributed by atoms with Crippen LogP contribution in [0.2, 0.25) is 0 Å². The summed E-state index contributed by atoms with van der Waals surface area (Å²) in [6, 6.07) is 2.53. The maximum Gasteiger partial charge on any atom is 0.184 e. The molecule has 0 aromatic heterocycles. The van der Waals surface area contributed by atoms with Gasteiger partial charge in [0.2, 0.25) is 0 Å². The highest BCUT2D eigenvalue weighted by Crippen LogP contribution is 2.32. The van der Waals surface area contributed by atoms with Crippen LogP contribution in [0.4, 0.5) is 20.2 Å². The minimum atomic E-state index is -0.825. The van der Waals surface area contributed by atoms with Gasteiger partial charge in [-0.05, 0) is 43.2 Å². The highest BCUT2D eigenvalue weighted by atomic mass is 19.2. The molecule has 1 aromatic carbocycles. The summed E-state index contributed by atoms with van der Waals surface area (Å²) >= 11 is 0. The van der Waals surface area contributed by atoms with Crippen molar-refractivity contribution in [1.29, 1.82) is 0 Å². The summed E-state index contributed by atoms with van der Waals surface area (Å²) in [6.45, 7) is 5.93. The van der Waals surface area contributed by atoms with E-state index in [0.29, 0.717) is 17.5 Å². The predicted molar refractivity (Wildman–Crippen MR) is 75.2 cm³/mol. The largest absolute Gasteiger partial charge is 0.397 e. The molecule has 0 amide bonds. The van der Waals surface area contributed by atoms with E-state index < -0.39 is 11.6 Å². The number of anilines is 2. The Morgan fingerprint density at radius 2 is 1.95 bits per heavy atom. The first kappa shape index (κ1) is 14.1. The van der Waals surface area contributed by atoms with Crippen LogP contribution < -0.4 is 10.6 Å². The van der Waals surface area contributed by atoms with Crippen molar-refractivity contribution < 1.29 is 8.78 Å². The number of benzene rings is 1. The average Bonchev–Trinajstić information content (AvgIpc) is 2.60. The summed E-state index contributed by atoms with van der Waals surface area (Å²) in [7, 11) is 0. The standard InChI is InChI=1S/C15H22F2N2/c1-10(2)11-4-3-8-19(9-7-11)15-13(18)6-5-12(16)14(15)17/h5-6,10-11H,3-4,7-9,18H2,1-2H3. The molecule has 19 heavy (non-hydrogen) atoms. The number of nitrogen functional groups attached to an aromatic ring is 1. The Bertz CT molecular complexity index is 446. The molecule has 106 valence electrons. The molecule has 1 fully saturated rings. The van der Waals surface area contributed by atoms with Crippen molar-refractivity contribution in [2.75, 3.05) is 23.7 Å². The first-order valence-electron chi connectivity index (χ1n) is 6.99. The second kappa shape index (κ2) is 5.76. The molecule has 1 saturated heterocycles. The van der Waals surface area contributed by atoms with Gasteiger partial charge in [-0.3, -0.25) is 0 Å². The fourth-order valence-electron chi connectivity index (χ4n) is 2.89. The fraction of sp³-hybridized carbons (Fsp3) is 0.600. The maximum atomic E-state index is 13.9. The number of hydrogen-bond donors (Lipinski definition) is 1. The molecule has 0 spiro atoms. The van der Waals surface area contributed by atoms with Gasteiger partial charge in [-0.1, -0.05) is 13.8 Å². The summed E-state index contributed by atoms with van der Waals surface area (Å²) in [4.78, 5) is 1.90. The second-order valence-electron chi connectivity index (χ2n) is 5.72. The van der Waals surface area contributed by atoms with Crippen molar-refractivity contribution in [3.63, 3.8) is 0 Å². The first-order chi connectivity index (χ1) is 9.00. The van der Waals surface area contributed by atoms with E-state index in [4.69, 9.17) is 5.73 Å². The van der Waals surface area contributed by atoms with Crippen molar-refractivity contribution in [3.8, 4) is 0 Å². The number of nitrogens with zero attached hydrogens (tertiary/aromatic N) is 1. The quantitative estimate of drug-likeness (QED) is 0.826. The molecular formula is C15H22F2N2. The fourth-order valence-corrected chi connectivity index (χ4v) is 2.89. The van der Waals surface area contributed by atoms with Gasteiger partial charge in [0.1, 0.15) is 0 Å². The topological polar surface area (TPSA) is 29.3 Å². The molecule has 4 heteroatoms. The van der Waals surface area contributed by atoms with Crippen molar-refractivity contribution in [3.05, 3.63) is 23.8 Å². The number of rotatable bonds is 2. The van der Waals surface area contributed by atoms with Gasteiger partial charge >= 0.3 is 0 Å². The zero-order chi connectivity index (χ0) is 14.0. The smallest absolute Gasteiger partial charge is 0.184 e. The highest BCUT2D eigenvalue weighted by molar-refractivity contribution is 5.68. The van der Waals surface area contributed by atoms with E-state index in [1.807, 2.05) is 4.90 Å². The van der Waals surface area contributed by atoms with Crippen LogP contribution in [0.5, 0.6) is 0 Å². The Balaban J connectivity index is 2.21. The average molecular weight is 268 g/mol. The summed E-state index contributed by atoms with van der Waals surface area (Å²) in [5, 5.41) is 0. The van der Waals surface area contributed by atoms with Crippen LogP contribution in [0.15, 0.2) is 12.1 Å². The van der Waals surface area contributed by atoms with E-state index >= 15 is 0 Å². The van der Waals surface area contributed by atoms with Crippen molar-refractivity contribution in [2.24, 2.45) is 11.8 Å². The number of nitrogens with two attached hydrogens (primary N) is 1. The molecule has 0 bridgehead atoms. The van der Waals surface area contributed by atoms with Gasteiger partial charge < -0.3 is 10.6 Å². The molecule has 0 saturated carbocycles. The number of hydrogen-bond acceptors (Lipinski definition) is 2. The SMILES string of the molecule is CC(C)C1CCCN(c2c(N)ccc(F)c2F)CC1. The third-order valence-corrected chi connectivity index (χ3v) is 4.13. The van der Waals surface area contributed by atoms with Crippen LogP contribution in [0.3, 0.4) is 0 Å².